The largest absolute Gasteiger partial charge is 0.465 e. The van der Waals surface area contributed by atoms with E-state index in [2.05, 4.69) is 0 Å². The zero-order chi connectivity index (χ0) is 9.68. The van der Waals surface area contributed by atoms with E-state index >= 15 is 0 Å². The molecule has 13 heavy (non-hydrogen) atoms. The maximum Gasteiger partial charge on any atom is 0.322 e. The number of carbonyl (C=O) groups is 1. The van der Waals surface area contributed by atoms with Crippen LogP contribution in [-0.4, -0.2) is 31.8 Å². The Balaban J connectivity index is 2.22. The highest BCUT2D eigenvalue weighted by Crippen LogP contribution is 2.17. The van der Waals surface area contributed by atoms with Crippen LogP contribution in [0, 0.1) is 5.92 Å². The van der Waals surface area contributed by atoms with E-state index in [1.807, 2.05) is 0 Å². The lowest BCUT2D eigenvalue weighted by Gasteiger charge is -2.13. The van der Waals surface area contributed by atoms with E-state index in [1.165, 1.54) is 0 Å². The lowest BCUT2D eigenvalue weighted by Crippen LogP contribution is -2.34. The summed E-state index contributed by atoms with van der Waals surface area (Å²) in [6, 6.07) is -0.480. The van der Waals surface area contributed by atoms with Crippen LogP contribution in [0.15, 0.2) is 0 Å². The molecule has 1 aliphatic heterocycles. The molecule has 0 bridgehead atoms. The summed E-state index contributed by atoms with van der Waals surface area (Å²) in [5, 5.41) is 0. The topological polar surface area (TPSA) is 61.5 Å². The first-order valence-corrected chi connectivity index (χ1v) is 4.74. The molecule has 1 heterocycles. The lowest BCUT2D eigenvalue weighted by molar-refractivity contribution is -0.145. The Morgan fingerprint density at radius 2 is 2.54 bits per heavy atom. The van der Waals surface area contributed by atoms with E-state index in [1.54, 1.807) is 6.92 Å². The van der Waals surface area contributed by atoms with Gasteiger partial charge in [-0.2, -0.15) is 0 Å². The molecule has 2 N–H and O–H groups in total. The molecule has 4 nitrogen and oxygen atoms in total. The van der Waals surface area contributed by atoms with Crippen molar-refractivity contribution in [2.24, 2.45) is 11.7 Å². The van der Waals surface area contributed by atoms with Gasteiger partial charge in [-0.25, -0.2) is 0 Å². The number of rotatable bonds is 4. The van der Waals surface area contributed by atoms with E-state index in [4.69, 9.17) is 15.2 Å². The van der Waals surface area contributed by atoms with Gasteiger partial charge in [0.05, 0.1) is 6.61 Å². The third-order valence-electron chi connectivity index (χ3n) is 2.20. The second kappa shape index (κ2) is 5.19. The van der Waals surface area contributed by atoms with Crippen molar-refractivity contribution in [2.75, 3.05) is 19.8 Å². The molecule has 0 aromatic rings. The van der Waals surface area contributed by atoms with Crippen LogP contribution in [0.3, 0.4) is 0 Å². The Bertz CT molecular complexity index is 166. The molecule has 4 heteroatoms. The summed E-state index contributed by atoms with van der Waals surface area (Å²) in [5.41, 5.74) is 5.65. The van der Waals surface area contributed by atoms with Gasteiger partial charge in [-0.05, 0) is 25.7 Å². The zero-order valence-electron chi connectivity index (χ0n) is 7.99. The molecule has 1 saturated heterocycles. The molecular weight excluding hydrogens is 170 g/mol. The van der Waals surface area contributed by atoms with Gasteiger partial charge in [0, 0.05) is 13.2 Å². The number of nitrogens with two attached hydrogens (primary N) is 1. The summed E-state index contributed by atoms with van der Waals surface area (Å²) >= 11 is 0. The minimum Gasteiger partial charge on any atom is -0.465 e. The van der Waals surface area contributed by atoms with Crippen molar-refractivity contribution in [3.05, 3.63) is 0 Å². The van der Waals surface area contributed by atoms with Crippen LogP contribution in [0.4, 0.5) is 0 Å². The van der Waals surface area contributed by atoms with Gasteiger partial charge in [0.1, 0.15) is 6.04 Å². The monoisotopic (exact) mass is 187 g/mol. The van der Waals surface area contributed by atoms with E-state index in [0.29, 0.717) is 18.9 Å². The molecule has 1 aliphatic rings. The Morgan fingerprint density at radius 1 is 1.77 bits per heavy atom. The van der Waals surface area contributed by atoms with E-state index in [9.17, 15) is 4.79 Å². The van der Waals surface area contributed by atoms with Gasteiger partial charge in [-0.1, -0.05) is 0 Å². The third-order valence-corrected chi connectivity index (χ3v) is 2.20. The molecular formula is C9H17NO3. The fourth-order valence-corrected chi connectivity index (χ4v) is 1.47. The quantitative estimate of drug-likeness (QED) is 0.643. The molecule has 0 aliphatic carbocycles. The first kappa shape index (κ1) is 10.5. The number of esters is 1. The number of hydrogen-bond acceptors (Lipinski definition) is 4. The van der Waals surface area contributed by atoms with Gasteiger partial charge < -0.3 is 15.2 Å². The van der Waals surface area contributed by atoms with Crippen molar-refractivity contribution in [3.8, 4) is 0 Å². The first-order chi connectivity index (χ1) is 6.24. The molecule has 0 radical (unpaired) electrons. The maximum absolute atomic E-state index is 11.1. The molecule has 0 saturated carbocycles. The highest BCUT2D eigenvalue weighted by molar-refractivity contribution is 5.75. The van der Waals surface area contributed by atoms with Crippen LogP contribution in [0.5, 0.6) is 0 Å². The molecule has 0 amide bonds. The van der Waals surface area contributed by atoms with Crippen molar-refractivity contribution in [1.29, 1.82) is 0 Å². The zero-order valence-corrected chi connectivity index (χ0v) is 7.99. The standard InChI is InChI=1S/C9H17NO3/c1-2-13-9(11)8(10)5-7-3-4-12-6-7/h7-8H,2-6,10H2,1H3/t7?,8-/m0/s1. The molecule has 1 fully saturated rings. The van der Waals surface area contributed by atoms with Crippen LogP contribution in [0.25, 0.3) is 0 Å². The van der Waals surface area contributed by atoms with Crippen LogP contribution in [-0.2, 0) is 14.3 Å². The Kier molecular flexibility index (Phi) is 4.18. The van der Waals surface area contributed by atoms with Crippen LogP contribution < -0.4 is 5.73 Å². The Hall–Kier alpha value is -0.610. The predicted molar refractivity (Wildman–Crippen MR) is 48.2 cm³/mol. The van der Waals surface area contributed by atoms with E-state index in [0.717, 1.165) is 19.6 Å². The predicted octanol–water partition coefficient (Wildman–Crippen LogP) is 0.303. The SMILES string of the molecule is CCOC(=O)[C@@H](N)CC1CCOC1. The highest BCUT2D eigenvalue weighted by Gasteiger charge is 2.23. The van der Waals surface area contributed by atoms with Crippen molar-refractivity contribution < 1.29 is 14.3 Å². The van der Waals surface area contributed by atoms with Crippen LogP contribution in [0.1, 0.15) is 19.8 Å². The van der Waals surface area contributed by atoms with Crippen LogP contribution >= 0.6 is 0 Å². The summed E-state index contributed by atoms with van der Waals surface area (Å²) in [5.74, 6) is 0.133. The maximum atomic E-state index is 11.1. The van der Waals surface area contributed by atoms with Crippen molar-refractivity contribution in [2.45, 2.75) is 25.8 Å². The summed E-state index contributed by atoms with van der Waals surface area (Å²) in [7, 11) is 0. The van der Waals surface area contributed by atoms with E-state index < -0.39 is 6.04 Å². The van der Waals surface area contributed by atoms with E-state index in [-0.39, 0.29) is 5.97 Å². The van der Waals surface area contributed by atoms with Gasteiger partial charge in [0.15, 0.2) is 0 Å². The molecule has 0 spiro atoms. The average molecular weight is 187 g/mol. The molecule has 2 atom stereocenters. The fourth-order valence-electron chi connectivity index (χ4n) is 1.47. The molecule has 1 unspecified atom stereocenters. The van der Waals surface area contributed by atoms with Gasteiger partial charge in [-0.3, -0.25) is 4.79 Å². The van der Waals surface area contributed by atoms with Crippen LogP contribution in [0.2, 0.25) is 0 Å². The lowest BCUT2D eigenvalue weighted by atomic mass is 10.00. The molecule has 76 valence electrons. The second-order valence-electron chi connectivity index (χ2n) is 3.32. The normalized spacial score (nSPS) is 24.3. The van der Waals surface area contributed by atoms with Crippen molar-refractivity contribution in [3.63, 3.8) is 0 Å². The van der Waals surface area contributed by atoms with Gasteiger partial charge >= 0.3 is 5.97 Å². The van der Waals surface area contributed by atoms with Gasteiger partial charge in [0.2, 0.25) is 0 Å². The summed E-state index contributed by atoms with van der Waals surface area (Å²) in [6.07, 6.45) is 1.69. The summed E-state index contributed by atoms with van der Waals surface area (Å²) in [4.78, 5) is 11.1. The average Bonchev–Trinajstić information content (AvgIpc) is 2.57. The summed E-state index contributed by atoms with van der Waals surface area (Å²) in [6.45, 7) is 3.70. The second-order valence-corrected chi connectivity index (χ2v) is 3.32. The van der Waals surface area contributed by atoms with Gasteiger partial charge in [0.25, 0.3) is 0 Å². The van der Waals surface area contributed by atoms with Gasteiger partial charge in [-0.15, -0.1) is 0 Å². The fraction of sp³-hybridized carbons (Fsp3) is 0.889. The minimum atomic E-state index is -0.480. The highest BCUT2D eigenvalue weighted by atomic mass is 16.5. The third kappa shape index (κ3) is 3.32. The number of ether oxygens (including phenoxy) is 2. The number of hydrogen-bond donors (Lipinski definition) is 1. The Labute approximate surface area is 78.4 Å². The van der Waals surface area contributed by atoms with Crippen molar-refractivity contribution >= 4 is 5.97 Å². The minimum absolute atomic E-state index is 0.297. The first-order valence-electron chi connectivity index (χ1n) is 4.74. The number of carbonyl (C=O) groups excluding carboxylic acids is 1. The molecule has 0 aromatic carbocycles. The summed E-state index contributed by atoms with van der Waals surface area (Å²) < 4.78 is 10.00. The smallest absolute Gasteiger partial charge is 0.322 e. The molecule has 0 aromatic heterocycles. The molecule has 1 rings (SSSR count). The Morgan fingerprint density at radius 3 is 3.08 bits per heavy atom. The van der Waals surface area contributed by atoms with Crippen molar-refractivity contribution in [1.82, 2.24) is 0 Å².